The molecule has 1 heterocycles. The van der Waals surface area contributed by atoms with Gasteiger partial charge in [-0.25, -0.2) is 8.78 Å². The molecule has 1 saturated heterocycles. The van der Waals surface area contributed by atoms with Crippen LogP contribution in [0, 0.1) is 11.6 Å². The van der Waals surface area contributed by atoms with Crippen LogP contribution in [0.4, 0.5) is 8.78 Å². The fourth-order valence-corrected chi connectivity index (χ4v) is 5.86. The number of halogens is 2. The minimum absolute atomic E-state index is 0.0351. The maximum absolute atomic E-state index is 13.8. The minimum Gasteiger partial charge on any atom is -0.322 e. The predicted octanol–water partition coefficient (Wildman–Crippen LogP) is 4.93. The van der Waals surface area contributed by atoms with Gasteiger partial charge in [-0.1, -0.05) is 60.7 Å². The van der Waals surface area contributed by atoms with E-state index >= 15 is 0 Å². The van der Waals surface area contributed by atoms with Crippen LogP contribution < -0.4 is 10.6 Å². The Balaban J connectivity index is 1.78. The van der Waals surface area contributed by atoms with Crippen molar-refractivity contribution in [2.24, 2.45) is 0 Å². The molecule has 0 aliphatic carbocycles. The molecule has 1 aliphatic rings. The first kappa shape index (κ1) is 18.1. The monoisotopic (exact) mass is 385 g/mol. The molecule has 27 heavy (non-hydrogen) atoms. The fraction of sp³-hybridized carbons (Fsp3) is 0.143. The highest BCUT2D eigenvalue weighted by Gasteiger charge is 2.43. The zero-order valence-electron chi connectivity index (χ0n) is 14.4. The Hall–Kier alpha value is -2.33. The number of hydrogen-bond donors (Lipinski definition) is 1. The largest absolute Gasteiger partial charge is 0.322 e. The third-order valence-corrected chi connectivity index (χ3v) is 7.29. The van der Waals surface area contributed by atoms with E-state index < -0.39 is 24.8 Å². The first-order chi connectivity index (χ1) is 13.1. The van der Waals surface area contributed by atoms with Gasteiger partial charge in [0.1, 0.15) is 17.4 Å². The molecule has 0 aromatic heterocycles. The van der Waals surface area contributed by atoms with Crippen LogP contribution in [0.2, 0.25) is 0 Å². The molecule has 1 aliphatic heterocycles. The van der Waals surface area contributed by atoms with E-state index in [-0.39, 0.29) is 18.0 Å². The summed E-state index contributed by atoms with van der Waals surface area (Å²) in [5.74, 6) is -2.26. The Morgan fingerprint density at radius 3 is 2.00 bits per heavy atom. The second-order valence-electron chi connectivity index (χ2n) is 6.46. The molecule has 3 atom stereocenters. The lowest BCUT2D eigenvalue weighted by molar-refractivity contribution is 0.226. The van der Waals surface area contributed by atoms with Crippen LogP contribution in [-0.4, -0.2) is 6.61 Å². The lowest BCUT2D eigenvalue weighted by Crippen LogP contribution is -2.37. The SMILES string of the molecule is O=P1(c2cc(F)cc(F)c2)OC[C@@H](c2ccccc2)N[C@H]1c1ccccc1. The zero-order chi connectivity index (χ0) is 18.9. The van der Waals surface area contributed by atoms with Gasteiger partial charge in [-0.3, -0.25) is 9.88 Å². The van der Waals surface area contributed by atoms with Gasteiger partial charge in [-0.15, -0.1) is 0 Å². The van der Waals surface area contributed by atoms with E-state index in [1.54, 1.807) is 0 Å². The van der Waals surface area contributed by atoms with Crippen molar-refractivity contribution in [1.82, 2.24) is 5.32 Å². The molecule has 3 aromatic carbocycles. The lowest BCUT2D eigenvalue weighted by atomic mass is 10.1. The van der Waals surface area contributed by atoms with Gasteiger partial charge in [0, 0.05) is 11.4 Å². The van der Waals surface area contributed by atoms with Crippen LogP contribution in [0.25, 0.3) is 0 Å². The van der Waals surface area contributed by atoms with Gasteiger partial charge >= 0.3 is 0 Å². The molecule has 1 N–H and O–H groups in total. The Labute approximate surface area is 156 Å². The van der Waals surface area contributed by atoms with Gasteiger partial charge in [0.2, 0.25) is 0 Å². The van der Waals surface area contributed by atoms with Crippen molar-refractivity contribution in [2.45, 2.75) is 11.8 Å². The Bertz CT molecular complexity index is 962. The molecule has 3 nitrogen and oxygen atoms in total. The molecule has 0 radical (unpaired) electrons. The van der Waals surface area contributed by atoms with Crippen molar-refractivity contribution in [1.29, 1.82) is 0 Å². The molecular weight excluding hydrogens is 367 g/mol. The van der Waals surface area contributed by atoms with E-state index in [4.69, 9.17) is 4.52 Å². The molecule has 6 heteroatoms. The van der Waals surface area contributed by atoms with Gasteiger partial charge in [0.05, 0.1) is 12.6 Å². The van der Waals surface area contributed by atoms with E-state index in [0.717, 1.165) is 29.3 Å². The van der Waals surface area contributed by atoms with Gasteiger partial charge in [0.25, 0.3) is 7.37 Å². The van der Waals surface area contributed by atoms with E-state index in [2.05, 4.69) is 5.32 Å². The van der Waals surface area contributed by atoms with E-state index in [9.17, 15) is 13.3 Å². The Kier molecular flexibility index (Phi) is 4.92. The molecule has 138 valence electrons. The molecule has 0 spiro atoms. The zero-order valence-corrected chi connectivity index (χ0v) is 15.3. The topological polar surface area (TPSA) is 38.3 Å². The molecule has 3 aromatic rings. The smallest absolute Gasteiger partial charge is 0.253 e. The summed E-state index contributed by atoms with van der Waals surface area (Å²) < 4.78 is 47.3. The maximum atomic E-state index is 13.8. The summed E-state index contributed by atoms with van der Waals surface area (Å²) in [6.45, 7) is 0.142. The van der Waals surface area contributed by atoms with E-state index in [0.29, 0.717) is 0 Å². The average molecular weight is 385 g/mol. The molecule has 0 saturated carbocycles. The van der Waals surface area contributed by atoms with Crippen molar-refractivity contribution in [3.63, 3.8) is 0 Å². The van der Waals surface area contributed by atoms with Crippen LogP contribution in [-0.2, 0) is 9.09 Å². The van der Waals surface area contributed by atoms with Crippen LogP contribution >= 0.6 is 7.37 Å². The molecular formula is C21H18F2NO2P. The highest BCUT2D eigenvalue weighted by atomic mass is 31.2. The molecule has 0 amide bonds. The first-order valence-electron chi connectivity index (χ1n) is 8.63. The summed E-state index contributed by atoms with van der Waals surface area (Å²) in [6.07, 6.45) is 0. The lowest BCUT2D eigenvalue weighted by Gasteiger charge is -2.38. The number of benzene rings is 3. The number of hydrogen-bond acceptors (Lipinski definition) is 3. The van der Waals surface area contributed by atoms with Gasteiger partial charge in [0.15, 0.2) is 0 Å². The third-order valence-electron chi connectivity index (χ3n) is 4.66. The summed E-state index contributed by atoms with van der Waals surface area (Å²) in [6, 6.07) is 21.6. The van der Waals surface area contributed by atoms with Crippen LogP contribution in [0.3, 0.4) is 0 Å². The van der Waals surface area contributed by atoms with Crippen LogP contribution in [0.5, 0.6) is 0 Å². The minimum atomic E-state index is -3.60. The van der Waals surface area contributed by atoms with Crippen molar-refractivity contribution in [3.05, 3.63) is 102 Å². The molecule has 4 rings (SSSR count). The highest BCUT2D eigenvalue weighted by Crippen LogP contribution is 2.61. The van der Waals surface area contributed by atoms with Gasteiger partial charge < -0.3 is 4.52 Å². The summed E-state index contributed by atoms with van der Waals surface area (Å²) in [5, 5.41) is 3.42. The van der Waals surface area contributed by atoms with E-state index in [1.807, 2.05) is 60.7 Å². The van der Waals surface area contributed by atoms with E-state index in [1.165, 1.54) is 0 Å². The summed E-state index contributed by atoms with van der Waals surface area (Å²) in [7, 11) is -3.60. The quantitative estimate of drug-likeness (QED) is 0.650. The Morgan fingerprint density at radius 2 is 1.41 bits per heavy atom. The van der Waals surface area contributed by atoms with Crippen molar-refractivity contribution >= 4 is 12.7 Å². The molecule has 1 unspecified atom stereocenters. The number of rotatable bonds is 3. The van der Waals surface area contributed by atoms with Gasteiger partial charge in [-0.05, 0) is 23.3 Å². The second kappa shape index (κ2) is 7.35. The normalized spacial score (nSPS) is 25.3. The summed E-state index contributed by atoms with van der Waals surface area (Å²) in [5.41, 5.74) is 1.74. The Morgan fingerprint density at radius 1 is 0.852 bits per heavy atom. The summed E-state index contributed by atoms with van der Waals surface area (Å²) in [4.78, 5) is 0. The van der Waals surface area contributed by atoms with Crippen molar-refractivity contribution < 1.29 is 17.9 Å². The van der Waals surface area contributed by atoms with Gasteiger partial charge in [-0.2, -0.15) is 0 Å². The number of nitrogens with one attached hydrogen (secondary N) is 1. The van der Waals surface area contributed by atoms with Crippen LogP contribution in [0.15, 0.2) is 78.9 Å². The van der Waals surface area contributed by atoms with Crippen LogP contribution in [0.1, 0.15) is 23.0 Å². The first-order valence-corrected chi connectivity index (χ1v) is 10.3. The summed E-state index contributed by atoms with van der Waals surface area (Å²) >= 11 is 0. The fourth-order valence-electron chi connectivity index (χ4n) is 3.35. The average Bonchev–Trinajstić information content (AvgIpc) is 2.69. The predicted molar refractivity (Wildman–Crippen MR) is 101 cm³/mol. The third kappa shape index (κ3) is 3.59. The molecule has 1 fully saturated rings. The molecule has 0 bridgehead atoms. The van der Waals surface area contributed by atoms with Crippen molar-refractivity contribution in [2.75, 3.05) is 6.61 Å². The standard InChI is InChI=1S/C21H18F2NO2P/c22-17-11-18(23)13-19(12-17)27(25)21(16-9-5-2-6-10-16)24-20(14-26-27)15-7-3-1-4-8-15/h1-13,20-21,24H,14H2/t20-,21+,27?/m0/s1. The van der Waals surface area contributed by atoms with Crippen molar-refractivity contribution in [3.8, 4) is 0 Å². The highest BCUT2D eigenvalue weighted by molar-refractivity contribution is 7.67. The maximum Gasteiger partial charge on any atom is 0.253 e. The second-order valence-corrected chi connectivity index (χ2v) is 8.95.